The number of halogens is 1. The first-order valence-corrected chi connectivity index (χ1v) is 6.75. The number of alkyl halides is 1. The Balaban J connectivity index is 2.96. The minimum Gasteiger partial charge on any atom is -0.465 e. The number of ether oxygens (including phenoxy) is 1. The van der Waals surface area contributed by atoms with Crippen molar-refractivity contribution < 1.29 is 19.2 Å². The van der Waals surface area contributed by atoms with Crippen molar-refractivity contribution in [3.8, 4) is 0 Å². The van der Waals surface area contributed by atoms with Gasteiger partial charge in [-0.15, -0.1) is 18.2 Å². The zero-order valence-electron chi connectivity index (χ0n) is 11.0. The summed E-state index contributed by atoms with van der Waals surface area (Å²) in [4.78, 5) is 27.9. The molecule has 0 aliphatic heterocycles. The van der Waals surface area contributed by atoms with Crippen molar-refractivity contribution in [3.05, 3.63) is 12.7 Å². The van der Waals surface area contributed by atoms with Gasteiger partial charge in [0.2, 0.25) is 0 Å². The highest BCUT2D eigenvalue weighted by Crippen LogP contribution is 2.40. The van der Waals surface area contributed by atoms with E-state index in [0.717, 1.165) is 6.42 Å². The number of rotatable bonds is 6. The number of allylic oxidation sites excluding steroid dienone is 1. The van der Waals surface area contributed by atoms with Crippen LogP contribution in [0, 0.1) is 5.41 Å². The third-order valence-corrected chi connectivity index (χ3v) is 3.31. The molecule has 1 aliphatic carbocycles. The normalized spacial score (nSPS) is 24.2. The third kappa shape index (κ3) is 3.56. The number of hydrogen-bond donors (Lipinski definition) is 0. The predicted octanol–water partition coefficient (Wildman–Crippen LogP) is 2.43. The second kappa shape index (κ2) is 7.28. The maximum Gasteiger partial charge on any atom is 0.349 e. The lowest BCUT2D eigenvalue weighted by molar-refractivity contribution is -0.151. The highest BCUT2D eigenvalue weighted by atomic mass is 35.5. The van der Waals surface area contributed by atoms with Crippen LogP contribution in [0.25, 0.3) is 0 Å². The number of oxime groups is 1. The zero-order valence-corrected chi connectivity index (χ0v) is 11.7. The Labute approximate surface area is 117 Å². The van der Waals surface area contributed by atoms with E-state index in [1.807, 2.05) is 0 Å². The van der Waals surface area contributed by atoms with Crippen molar-refractivity contribution in [2.24, 2.45) is 10.6 Å². The molecule has 5 nitrogen and oxygen atoms in total. The lowest BCUT2D eigenvalue weighted by atomic mass is 9.81. The van der Waals surface area contributed by atoms with Crippen LogP contribution in [0.15, 0.2) is 17.8 Å². The predicted molar refractivity (Wildman–Crippen MR) is 72.0 cm³/mol. The molecule has 0 aromatic heterocycles. The van der Waals surface area contributed by atoms with Crippen molar-refractivity contribution in [1.82, 2.24) is 0 Å². The van der Waals surface area contributed by atoms with Gasteiger partial charge in [-0.1, -0.05) is 11.2 Å². The molecule has 19 heavy (non-hydrogen) atoms. The van der Waals surface area contributed by atoms with Crippen LogP contribution in [0.3, 0.4) is 0 Å². The van der Waals surface area contributed by atoms with Crippen molar-refractivity contribution in [2.75, 3.05) is 12.5 Å². The molecule has 1 aliphatic rings. The molecule has 0 unspecified atom stereocenters. The first-order chi connectivity index (χ1) is 9.10. The van der Waals surface area contributed by atoms with E-state index in [9.17, 15) is 9.59 Å². The highest BCUT2D eigenvalue weighted by Gasteiger charge is 2.47. The Morgan fingerprint density at radius 2 is 2.32 bits per heavy atom. The largest absolute Gasteiger partial charge is 0.465 e. The van der Waals surface area contributed by atoms with Crippen LogP contribution >= 0.6 is 11.6 Å². The van der Waals surface area contributed by atoms with Crippen molar-refractivity contribution in [3.63, 3.8) is 0 Å². The maximum absolute atomic E-state index is 12.2. The van der Waals surface area contributed by atoms with E-state index in [4.69, 9.17) is 16.3 Å². The Kier molecular flexibility index (Phi) is 6.02. The van der Waals surface area contributed by atoms with Crippen molar-refractivity contribution in [2.45, 2.75) is 32.6 Å². The summed E-state index contributed by atoms with van der Waals surface area (Å²) in [5, 5.41) is 3.80. The van der Waals surface area contributed by atoms with E-state index >= 15 is 0 Å². The summed E-state index contributed by atoms with van der Waals surface area (Å²) >= 11 is 5.33. The second-order valence-electron chi connectivity index (χ2n) is 4.28. The molecule has 6 heteroatoms. The molecular formula is C13H18ClNO4. The molecule has 0 amide bonds. The van der Waals surface area contributed by atoms with Gasteiger partial charge in [0.25, 0.3) is 0 Å². The molecule has 0 heterocycles. The quantitative estimate of drug-likeness (QED) is 0.247. The van der Waals surface area contributed by atoms with E-state index in [0.29, 0.717) is 31.6 Å². The fourth-order valence-corrected chi connectivity index (χ4v) is 2.29. The Morgan fingerprint density at radius 1 is 1.58 bits per heavy atom. The average molecular weight is 288 g/mol. The van der Waals surface area contributed by atoms with E-state index < -0.39 is 11.4 Å². The molecule has 0 aromatic rings. The molecule has 0 radical (unpaired) electrons. The molecule has 1 atom stereocenters. The molecular weight excluding hydrogens is 270 g/mol. The lowest BCUT2D eigenvalue weighted by Crippen LogP contribution is -2.37. The molecule has 0 N–H and O–H groups in total. The smallest absolute Gasteiger partial charge is 0.349 e. The van der Waals surface area contributed by atoms with Gasteiger partial charge in [-0.05, 0) is 32.6 Å². The standard InChI is InChI=1S/C13H18ClNO4/c1-3-7-13(12(17)18-4-2)8-5-6-10(13)15-19-11(16)9-14/h3H,1,4-9H2,2H3/b15-10+/t13-/m0/s1. The molecule has 0 saturated heterocycles. The maximum atomic E-state index is 12.2. The first-order valence-electron chi connectivity index (χ1n) is 6.22. The van der Waals surface area contributed by atoms with E-state index in [2.05, 4.69) is 16.6 Å². The summed E-state index contributed by atoms with van der Waals surface area (Å²) < 4.78 is 5.11. The summed E-state index contributed by atoms with van der Waals surface area (Å²) in [6, 6.07) is 0. The van der Waals surface area contributed by atoms with Crippen LogP contribution in [0.5, 0.6) is 0 Å². The topological polar surface area (TPSA) is 65.0 Å². The molecule has 1 fully saturated rings. The van der Waals surface area contributed by atoms with Crippen LogP contribution in [-0.2, 0) is 19.2 Å². The lowest BCUT2D eigenvalue weighted by Gasteiger charge is -2.25. The third-order valence-electron chi connectivity index (χ3n) is 3.10. The highest BCUT2D eigenvalue weighted by molar-refractivity contribution is 6.26. The van der Waals surface area contributed by atoms with Gasteiger partial charge in [-0.2, -0.15) is 0 Å². The number of esters is 1. The first kappa shape index (κ1) is 15.7. The second-order valence-corrected chi connectivity index (χ2v) is 4.55. The van der Waals surface area contributed by atoms with Gasteiger partial charge in [0.05, 0.1) is 12.3 Å². The number of hydrogen-bond acceptors (Lipinski definition) is 5. The molecule has 0 bridgehead atoms. The summed E-state index contributed by atoms with van der Waals surface area (Å²) in [6.45, 7) is 5.71. The number of carbonyl (C=O) groups excluding carboxylic acids is 2. The van der Waals surface area contributed by atoms with Gasteiger partial charge < -0.3 is 9.57 Å². The van der Waals surface area contributed by atoms with Gasteiger partial charge in [0.1, 0.15) is 11.3 Å². The number of nitrogens with zero attached hydrogens (tertiary/aromatic N) is 1. The van der Waals surface area contributed by atoms with Gasteiger partial charge in [0, 0.05) is 0 Å². The van der Waals surface area contributed by atoms with E-state index in [-0.39, 0.29) is 11.8 Å². The summed E-state index contributed by atoms with van der Waals surface area (Å²) in [5.41, 5.74) is -0.311. The molecule has 0 spiro atoms. The van der Waals surface area contributed by atoms with Gasteiger partial charge in [-0.25, -0.2) is 4.79 Å². The molecule has 0 aromatic carbocycles. The van der Waals surface area contributed by atoms with Crippen LogP contribution < -0.4 is 0 Å². The van der Waals surface area contributed by atoms with Crippen molar-refractivity contribution >= 4 is 29.3 Å². The summed E-state index contributed by atoms with van der Waals surface area (Å²) in [7, 11) is 0. The van der Waals surface area contributed by atoms with Crippen molar-refractivity contribution in [1.29, 1.82) is 0 Å². The fraction of sp³-hybridized carbons (Fsp3) is 0.615. The van der Waals surface area contributed by atoms with E-state index in [1.54, 1.807) is 13.0 Å². The molecule has 1 saturated carbocycles. The van der Waals surface area contributed by atoms with Crippen LogP contribution in [0.1, 0.15) is 32.6 Å². The Hall–Kier alpha value is -1.36. The van der Waals surface area contributed by atoms with Gasteiger partial charge >= 0.3 is 11.9 Å². The monoisotopic (exact) mass is 287 g/mol. The van der Waals surface area contributed by atoms with Crippen LogP contribution in [-0.4, -0.2) is 30.1 Å². The molecule has 106 valence electrons. The average Bonchev–Trinajstić information content (AvgIpc) is 2.81. The minimum atomic E-state index is -0.843. The van der Waals surface area contributed by atoms with Crippen LogP contribution in [0.4, 0.5) is 0 Å². The minimum absolute atomic E-state index is 0.273. The van der Waals surface area contributed by atoms with Gasteiger partial charge in [0.15, 0.2) is 0 Å². The van der Waals surface area contributed by atoms with E-state index in [1.165, 1.54) is 0 Å². The zero-order chi connectivity index (χ0) is 14.3. The Bertz CT molecular complexity index is 394. The number of carbonyl (C=O) groups is 2. The summed E-state index contributed by atoms with van der Waals surface area (Å²) in [5.74, 6) is -1.25. The van der Waals surface area contributed by atoms with Gasteiger partial charge in [-0.3, -0.25) is 4.79 Å². The SMILES string of the molecule is C=CC[C@]1(C(=O)OCC)CCC/C1=N\OC(=O)CCl. The molecule has 1 rings (SSSR count). The van der Waals surface area contributed by atoms with Crippen LogP contribution in [0.2, 0.25) is 0 Å². The Morgan fingerprint density at radius 3 is 2.89 bits per heavy atom. The summed E-state index contributed by atoms with van der Waals surface area (Å²) in [6.07, 6.45) is 4.09. The fourth-order valence-electron chi connectivity index (χ4n) is 2.24.